The van der Waals surface area contributed by atoms with Crippen LogP contribution in [-0.4, -0.2) is 86.6 Å². The Hall–Kier alpha value is -4.04. The van der Waals surface area contributed by atoms with Crippen molar-refractivity contribution in [3.8, 4) is 17.6 Å². The summed E-state index contributed by atoms with van der Waals surface area (Å²) in [6, 6.07) is 28.4. The van der Waals surface area contributed by atoms with Gasteiger partial charge in [0.25, 0.3) is 8.53 Å². The molecule has 1 aliphatic heterocycles. The molecule has 1 heterocycles. The van der Waals surface area contributed by atoms with E-state index in [2.05, 4.69) is 55.9 Å². The van der Waals surface area contributed by atoms with Crippen LogP contribution < -0.4 is 14.8 Å². The second kappa shape index (κ2) is 24.0. The van der Waals surface area contributed by atoms with Crippen LogP contribution in [0.1, 0.15) is 102 Å². The van der Waals surface area contributed by atoms with Crippen molar-refractivity contribution in [3.63, 3.8) is 0 Å². The van der Waals surface area contributed by atoms with Gasteiger partial charge in [0, 0.05) is 38.2 Å². The maximum Gasteiger partial charge on any atom is 0.259 e. The number of amides is 2. The van der Waals surface area contributed by atoms with E-state index in [9.17, 15) is 9.59 Å². The second-order valence-electron chi connectivity index (χ2n) is 14.8. The van der Waals surface area contributed by atoms with E-state index in [1.807, 2.05) is 66.7 Å². The molecule has 1 N–H and O–H groups in total. The number of unbranched alkanes of at least 4 members (excludes halogenated alkanes) is 3. The van der Waals surface area contributed by atoms with Crippen LogP contribution in [0, 0.1) is 11.3 Å². The monoisotopic (exact) mass is 802 g/mol. The molecule has 3 aromatic carbocycles. The van der Waals surface area contributed by atoms with E-state index < -0.39 is 20.2 Å². The van der Waals surface area contributed by atoms with Gasteiger partial charge in [-0.3, -0.25) is 9.59 Å². The summed E-state index contributed by atoms with van der Waals surface area (Å²) in [5.41, 5.74) is 2.05. The van der Waals surface area contributed by atoms with E-state index in [1.165, 1.54) is 0 Å². The van der Waals surface area contributed by atoms with Gasteiger partial charge in [-0.1, -0.05) is 61.0 Å². The molecule has 0 spiro atoms. The maximum atomic E-state index is 13.3. The van der Waals surface area contributed by atoms with Gasteiger partial charge < -0.3 is 33.5 Å². The van der Waals surface area contributed by atoms with Gasteiger partial charge in [-0.15, -0.1) is 0 Å². The largest absolute Gasteiger partial charge is 0.497 e. The molecule has 57 heavy (non-hydrogen) atoms. The van der Waals surface area contributed by atoms with Gasteiger partial charge in [-0.2, -0.15) is 5.26 Å². The van der Waals surface area contributed by atoms with Crippen molar-refractivity contribution in [3.05, 3.63) is 95.6 Å². The molecular formula is C45H63N4O7P. The fourth-order valence-corrected chi connectivity index (χ4v) is 8.98. The Balaban J connectivity index is 1.26. The molecule has 1 fully saturated rings. The zero-order valence-electron chi connectivity index (χ0n) is 34.8. The van der Waals surface area contributed by atoms with Crippen LogP contribution >= 0.6 is 8.53 Å². The fourth-order valence-electron chi connectivity index (χ4n) is 7.35. The van der Waals surface area contributed by atoms with Crippen molar-refractivity contribution >= 4 is 20.3 Å². The Labute approximate surface area is 341 Å². The minimum atomic E-state index is -1.27. The number of nitrogens with one attached hydrogen (secondary N) is 1. The zero-order chi connectivity index (χ0) is 41.0. The number of ether oxygens (including phenoxy) is 3. The third kappa shape index (κ3) is 13.0. The van der Waals surface area contributed by atoms with Crippen LogP contribution in [0.5, 0.6) is 11.5 Å². The smallest absolute Gasteiger partial charge is 0.259 e. The van der Waals surface area contributed by atoms with Crippen LogP contribution in [0.25, 0.3) is 0 Å². The Bertz CT molecular complexity index is 1610. The highest BCUT2D eigenvalue weighted by Crippen LogP contribution is 2.46. The topological polar surface area (TPSA) is 123 Å². The lowest BCUT2D eigenvalue weighted by molar-refractivity contribution is -0.138. The highest BCUT2D eigenvalue weighted by Gasteiger charge is 2.38. The minimum Gasteiger partial charge on any atom is -0.497 e. The Morgan fingerprint density at radius 2 is 1.39 bits per heavy atom. The molecule has 1 saturated heterocycles. The van der Waals surface area contributed by atoms with Crippen LogP contribution in [0.15, 0.2) is 78.9 Å². The summed E-state index contributed by atoms with van der Waals surface area (Å²) in [5.74, 6) is 1.47. The molecular weight excluding hydrogens is 739 g/mol. The standard InChI is InChI=1S/C45H63N4O7P/c1-35(2)49(36(3)4)57(56-34-16-29-46)55-33-13-8-11-20-43(50)48-31-15-19-42(48)44(51)47-30-12-14-32-54-45(37-17-9-7-10-18-37,38-21-25-40(52-5)26-22-38)39-23-27-41(53-6)28-24-39/h7,9-10,17-18,21-28,35-36,42H,8,11-16,19-20,30-34H2,1-6H3,(H,47,51)/t42-,57?/m1/s1. The maximum absolute atomic E-state index is 13.3. The molecule has 0 radical (unpaired) electrons. The number of carbonyl (C=O) groups excluding carboxylic acids is 2. The lowest BCUT2D eigenvalue weighted by Gasteiger charge is -2.36. The summed E-state index contributed by atoms with van der Waals surface area (Å²) in [4.78, 5) is 28.3. The first-order valence-corrected chi connectivity index (χ1v) is 21.6. The molecule has 0 aromatic heterocycles. The lowest BCUT2D eigenvalue weighted by atomic mass is 9.80. The molecule has 12 heteroatoms. The molecule has 1 aliphatic rings. The van der Waals surface area contributed by atoms with Gasteiger partial charge >= 0.3 is 0 Å². The Kier molecular flexibility index (Phi) is 19.2. The molecule has 4 rings (SSSR count). The van der Waals surface area contributed by atoms with Crippen molar-refractivity contribution < 1.29 is 32.8 Å². The van der Waals surface area contributed by atoms with Crippen molar-refractivity contribution in [1.29, 1.82) is 5.26 Å². The zero-order valence-corrected chi connectivity index (χ0v) is 35.7. The third-order valence-electron chi connectivity index (χ3n) is 10.1. The summed E-state index contributed by atoms with van der Waals surface area (Å²) in [6.07, 6.45) is 6.05. The van der Waals surface area contributed by atoms with Crippen molar-refractivity contribution in [2.45, 2.75) is 109 Å². The van der Waals surface area contributed by atoms with E-state index in [0.717, 1.165) is 66.7 Å². The molecule has 2 atom stereocenters. The van der Waals surface area contributed by atoms with E-state index >= 15 is 0 Å². The predicted molar refractivity (Wildman–Crippen MR) is 225 cm³/mol. The summed E-state index contributed by atoms with van der Waals surface area (Å²) in [7, 11) is 2.04. The van der Waals surface area contributed by atoms with Crippen LogP contribution in [0.4, 0.5) is 0 Å². The SMILES string of the molecule is COc1ccc(C(OCCCCNC(=O)[C@H]2CCCN2C(=O)CCCCCOP(OCCC#N)N(C(C)C)C(C)C)(c2ccccc2)c2ccc(OC)cc2)cc1. The Morgan fingerprint density at radius 3 is 1.96 bits per heavy atom. The second-order valence-corrected chi connectivity index (χ2v) is 16.2. The minimum absolute atomic E-state index is 0.0316. The molecule has 310 valence electrons. The van der Waals surface area contributed by atoms with E-state index in [0.29, 0.717) is 52.2 Å². The molecule has 0 saturated carbocycles. The quantitative estimate of drug-likeness (QED) is 0.0509. The van der Waals surface area contributed by atoms with Gasteiger partial charge in [0.1, 0.15) is 23.1 Å². The average molecular weight is 803 g/mol. The number of methoxy groups -OCH3 is 2. The number of benzene rings is 3. The van der Waals surface area contributed by atoms with Crippen molar-refractivity contribution in [2.24, 2.45) is 0 Å². The number of nitrogens with zero attached hydrogens (tertiary/aromatic N) is 3. The van der Waals surface area contributed by atoms with Gasteiger partial charge in [0.05, 0.1) is 39.9 Å². The number of carbonyl (C=O) groups is 2. The van der Waals surface area contributed by atoms with Crippen LogP contribution in [0.3, 0.4) is 0 Å². The van der Waals surface area contributed by atoms with E-state index in [-0.39, 0.29) is 23.9 Å². The van der Waals surface area contributed by atoms with Crippen LogP contribution in [-0.2, 0) is 29.0 Å². The number of hydrogen-bond donors (Lipinski definition) is 1. The van der Waals surface area contributed by atoms with Gasteiger partial charge in [0.15, 0.2) is 0 Å². The number of hydrogen-bond acceptors (Lipinski definition) is 9. The van der Waals surface area contributed by atoms with Crippen molar-refractivity contribution in [2.75, 3.05) is 47.1 Å². The predicted octanol–water partition coefficient (Wildman–Crippen LogP) is 8.75. The number of rotatable bonds is 25. The molecule has 0 aliphatic carbocycles. The Morgan fingerprint density at radius 1 is 0.807 bits per heavy atom. The van der Waals surface area contributed by atoms with Gasteiger partial charge in [0.2, 0.25) is 11.8 Å². The third-order valence-corrected chi connectivity index (χ3v) is 12.2. The number of nitriles is 1. The number of likely N-dealkylation sites (tertiary alicyclic amines) is 1. The van der Waals surface area contributed by atoms with E-state index in [1.54, 1.807) is 19.1 Å². The lowest BCUT2D eigenvalue weighted by Crippen LogP contribution is -2.46. The van der Waals surface area contributed by atoms with Gasteiger partial charge in [-0.05, 0) is 107 Å². The molecule has 2 amide bonds. The fraction of sp³-hybridized carbons (Fsp3) is 0.533. The molecule has 0 bridgehead atoms. The van der Waals surface area contributed by atoms with Crippen LogP contribution in [0.2, 0.25) is 0 Å². The summed E-state index contributed by atoms with van der Waals surface area (Å²) >= 11 is 0. The molecule has 3 aromatic rings. The van der Waals surface area contributed by atoms with Gasteiger partial charge in [-0.25, -0.2) is 4.67 Å². The summed E-state index contributed by atoms with van der Waals surface area (Å²) < 4.78 is 32.2. The first-order chi connectivity index (χ1) is 27.7. The summed E-state index contributed by atoms with van der Waals surface area (Å²) in [6.45, 7) is 10.9. The summed E-state index contributed by atoms with van der Waals surface area (Å²) in [5, 5.41) is 12.0. The first kappa shape index (κ1) is 45.7. The normalized spacial score (nSPS) is 14.9. The average Bonchev–Trinajstić information content (AvgIpc) is 3.73. The highest BCUT2D eigenvalue weighted by molar-refractivity contribution is 7.44. The highest BCUT2D eigenvalue weighted by atomic mass is 31.2. The molecule has 11 nitrogen and oxygen atoms in total. The van der Waals surface area contributed by atoms with E-state index in [4.69, 9.17) is 28.5 Å². The van der Waals surface area contributed by atoms with Crippen molar-refractivity contribution in [1.82, 2.24) is 14.9 Å². The molecule has 1 unspecified atom stereocenters. The first-order valence-electron chi connectivity index (χ1n) is 20.4.